The van der Waals surface area contributed by atoms with Gasteiger partial charge in [0, 0.05) is 11.7 Å². The number of nitrogens with zero attached hydrogens (tertiary/aromatic N) is 2. The highest BCUT2D eigenvalue weighted by molar-refractivity contribution is 6.23. The molecule has 1 aliphatic rings. The third-order valence-electron chi connectivity index (χ3n) is 3.41. The molecule has 2 N–H and O–H groups in total. The Morgan fingerprint density at radius 2 is 1.95 bits per heavy atom. The summed E-state index contributed by atoms with van der Waals surface area (Å²) in [5.41, 5.74) is 6.94. The Morgan fingerprint density at radius 3 is 2.53 bits per heavy atom. The molecule has 5 heteroatoms. The molecular weight excluding hydrogens is 242 g/mol. The fourth-order valence-electron chi connectivity index (χ4n) is 2.30. The van der Waals surface area contributed by atoms with Crippen LogP contribution in [0.2, 0.25) is 0 Å². The molecule has 0 aromatic heterocycles. The lowest BCUT2D eigenvalue weighted by Crippen LogP contribution is -2.39. The average Bonchev–Trinajstić information content (AvgIpc) is 2.60. The molecule has 0 aliphatic carbocycles. The van der Waals surface area contributed by atoms with E-state index >= 15 is 0 Å². The van der Waals surface area contributed by atoms with Gasteiger partial charge in [0.1, 0.15) is 0 Å². The Bertz CT molecular complexity index is 525. The minimum Gasteiger partial charge on any atom is -0.398 e. The molecule has 1 aromatic rings. The number of fused-ring (bicyclic) bond motifs is 1. The summed E-state index contributed by atoms with van der Waals surface area (Å²) in [4.78, 5) is 28.0. The van der Waals surface area contributed by atoms with Crippen molar-refractivity contribution in [3.63, 3.8) is 0 Å². The van der Waals surface area contributed by atoms with Crippen LogP contribution >= 0.6 is 0 Å². The van der Waals surface area contributed by atoms with E-state index in [1.54, 1.807) is 18.2 Å². The Labute approximate surface area is 113 Å². The summed E-state index contributed by atoms with van der Waals surface area (Å²) in [6.45, 7) is 2.71. The van der Waals surface area contributed by atoms with Crippen LogP contribution in [-0.2, 0) is 0 Å². The van der Waals surface area contributed by atoms with Crippen LogP contribution in [0.25, 0.3) is 0 Å². The molecule has 1 unspecified atom stereocenters. The molecule has 1 heterocycles. The van der Waals surface area contributed by atoms with Crippen LogP contribution in [-0.4, -0.2) is 48.3 Å². The van der Waals surface area contributed by atoms with Gasteiger partial charge in [-0.15, -0.1) is 0 Å². The summed E-state index contributed by atoms with van der Waals surface area (Å²) in [5.74, 6) is -0.511. The number of imide groups is 1. The van der Waals surface area contributed by atoms with Crippen molar-refractivity contribution in [2.75, 3.05) is 26.4 Å². The second kappa shape index (κ2) is 5.01. The summed E-state index contributed by atoms with van der Waals surface area (Å²) in [5, 5.41) is 0. The molecule has 19 heavy (non-hydrogen) atoms. The van der Waals surface area contributed by atoms with Gasteiger partial charge in [-0.05, 0) is 46.1 Å². The van der Waals surface area contributed by atoms with Crippen molar-refractivity contribution in [2.45, 2.75) is 19.4 Å². The summed E-state index contributed by atoms with van der Waals surface area (Å²) in [6, 6.07) is 4.88. The van der Waals surface area contributed by atoms with Crippen molar-refractivity contribution < 1.29 is 9.59 Å². The van der Waals surface area contributed by atoms with Gasteiger partial charge in [0.2, 0.25) is 0 Å². The first-order chi connectivity index (χ1) is 8.93. The van der Waals surface area contributed by atoms with E-state index < -0.39 is 0 Å². The van der Waals surface area contributed by atoms with E-state index in [4.69, 9.17) is 5.73 Å². The predicted molar refractivity (Wildman–Crippen MR) is 74.0 cm³/mol. The molecule has 1 aromatic carbocycles. The molecule has 2 rings (SSSR count). The highest BCUT2D eigenvalue weighted by atomic mass is 16.2. The summed E-state index contributed by atoms with van der Waals surface area (Å²) < 4.78 is 0. The minimum absolute atomic E-state index is 0.130. The largest absolute Gasteiger partial charge is 0.398 e. The predicted octanol–water partition coefficient (Wildman–Crippen LogP) is 1.20. The summed E-state index contributed by atoms with van der Waals surface area (Å²) in [7, 11) is 3.93. The number of hydrogen-bond acceptors (Lipinski definition) is 4. The maximum absolute atomic E-state index is 12.3. The smallest absolute Gasteiger partial charge is 0.263 e. The monoisotopic (exact) mass is 261 g/mol. The molecular formula is C14H19N3O2. The van der Waals surface area contributed by atoms with Crippen LogP contribution < -0.4 is 5.73 Å². The SMILES string of the molecule is CC(CCN(C)C)N1C(=O)c2cccc(N)c2C1=O. The molecule has 0 saturated carbocycles. The van der Waals surface area contributed by atoms with Crippen molar-refractivity contribution in [1.82, 2.24) is 9.80 Å². The van der Waals surface area contributed by atoms with Gasteiger partial charge in [-0.25, -0.2) is 0 Å². The van der Waals surface area contributed by atoms with Crippen molar-refractivity contribution in [3.05, 3.63) is 29.3 Å². The zero-order chi connectivity index (χ0) is 14.2. The maximum atomic E-state index is 12.3. The van der Waals surface area contributed by atoms with Crippen LogP contribution in [0.5, 0.6) is 0 Å². The molecule has 1 aliphatic heterocycles. The highest BCUT2D eigenvalue weighted by Gasteiger charge is 2.39. The quantitative estimate of drug-likeness (QED) is 0.653. The topological polar surface area (TPSA) is 66.6 Å². The minimum atomic E-state index is -0.274. The second-order valence-electron chi connectivity index (χ2n) is 5.19. The number of rotatable bonds is 4. The standard InChI is InChI=1S/C14H19N3O2/c1-9(7-8-16(2)3)17-13(18)10-5-4-6-11(15)12(10)14(17)19/h4-6,9H,7-8,15H2,1-3H3. The van der Waals surface area contributed by atoms with E-state index in [2.05, 4.69) is 0 Å². The Balaban J connectivity index is 2.25. The highest BCUT2D eigenvalue weighted by Crippen LogP contribution is 2.29. The van der Waals surface area contributed by atoms with Crippen LogP contribution in [0, 0.1) is 0 Å². The van der Waals surface area contributed by atoms with Crippen molar-refractivity contribution >= 4 is 17.5 Å². The Kier molecular flexibility index (Phi) is 3.57. The zero-order valence-corrected chi connectivity index (χ0v) is 11.5. The lowest BCUT2D eigenvalue weighted by atomic mass is 10.1. The van der Waals surface area contributed by atoms with Gasteiger partial charge in [0.05, 0.1) is 11.1 Å². The molecule has 102 valence electrons. The first-order valence-electron chi connectivity index (χ1n) is 6.34. The van der Waals surface area contributed by atoms with Crippen LogP contribution in [0.1, 0.15) is 34.1 Å². The molecule has 0 bridgehead atoms. The summed E-state index contributed by atoms with van der Waals surface area (Å²) in [6.07, 6.45) is 0.748. The third kappa shape index (κ3) is 2.33. The van der Waals surface area contributed by atoms with E-state index in [1.165, 1.54) is 4.90 Å². The van der Waals surface area contributed by atoms with E-state index in [-0.39, 0.29) is 17.9 Å². The fraction of sp³-hybridized carbons (Fsp3) is 0.429. The fourth-order valence-corrected chi connectivity index (χ4v) is 2.30. The van der Waals surface area contributed by atoms with Gasteiger partial charge in [-0.3, -0.25) is 14.5 Å². The van der Waals surface area contributed by atoms with Crippen LogP contribution in [0.3, 0.4) is 0 Å². The van der Waals surface area contributed by atoms with Gasteiger partial charge in [0.15, 0.2) is 0 Å². The molecule has 0 radical (unpaired) electrons. The van der Waals surface area contributed by atoms with Gasteiger partial charge < -0.3 is 10.6 Å². The lowest BCUT2D eigenvalue weighted by Gasteiger charge is -2.23. The summed E-state index contributed by atoms with van der Waals surface area (Å²) >= 11 is 0. The number of carbonyl (C=O) groups excluding carboxylic acids is 2. The Morgan fingerprint density at radius 1 is 1.26 bits per heavy atom. The van der Waals surface area contributed by atoms with Gasteiger partial charge >= 0.3 is 0 Å². The van der Waals surface area contributed by atoms with Gasteiger partial charge in [-0.1, -0.05) is 6.07 Å². The molecule has 0 spiro atoms. The zero-order valence-electron chi connectivity index (χ0n) is 11.5. The first kappa shape index (κ1) is 13.5. The van der Waals surface area contributed by atoms with Gasteiger partial charge in [0.25, 0.3) is 11.8 Å². The lowest BCUT2D eigenvalue weighted by molar-refractivity contribution is 0.0585. The first-order valence-corrected chi connectivity index (χ1v) is 6.34. The van der Waals surface area contributed by atoms with Gasteiger partial charge in [-0.2, -0.15) is 0 Å². The number of nitrogens with two attached hydrogens (primary N) is 1. The van der Waals surface area contributed by atoms with Crippen molar-refractivity contribution in [3.8, 4) is 0 Å². The molecule has 5 nitrogen and oxygen atoms in total. The number of carbonyl (C=O) groups is 2. The number of benzene rings is 1. The normalized spacial score (nSPS) is 16.1. The van der Waals surface area contributed by atoms with Crippen molar-refractivity contribution in [1.29, 1.82) is 0 Å². The van der Waals surface area contributed by atoms with E-state index in [1.807, 2.05) is 25.9 Å². The van der Waals surface area contributed by atoms with E-state index in [0.29, 0.717) is 16.8 Å². The third-order valence-corrected chi connectivity index (χ3v) is 3.41. The number of nitrogen functional groups attached to an aromatic ring is 1. The molecule has 0 saturated heterocycles. The molecule has 1 atom stereocenters. The molecule has 2 amide bonds. The maximum Gasteiger partial charge on any atom is 0.263 e. The van der Waals surface area contributed by atoms with E-state index in [9.17, 15) is 9.59 Å². The number of amides is 2. The van der Waals surface area contributed by atoms with E-state index in [0.717, 1.165) is 13.0 Å². The second-order valence-corrected chi connectivity index (χ2v) is 5.19. The number of hydrogen-bond donors (Lipinski definition) is 1. The van der Waals surface area contributed by atoms with Crippen LogP contribution in [0.4, 0.5) is 5.69 Å². The number of anilines is 1. The molecule has 0 fully saturated rings. The van der Waals surface area contributed by atoms with Crippen molar-refractivity contribution in [2.24, 2.45) is 0 Å². The Hall–Kier alpha value is -1.88. The average molecular weight is 261 g/mol. The van der Waals surface area contributed by atoms with Crippen LogP contribution in [0.15, 0.2) is 18.2 Å².